The zero-order chi connectivity index (χ0) is 12.6. The van der Waals surface area contributed by atoms with Gasteiger partial charge in [-0.15, -0.1) is 0 Å². The molecule has 1 N–H and O–H groups in total. The van der Waals surface area contributed by atoms with Crippen LogP contribution in [0, 0.1) is 13.8 Å². The summed E-state index contributed by atoms with van der Waals surface area (Å²) in [4.78, 5) is 12.4. The van der Waals surface area contributed by atoms with E-state index in [1.54, 1.807) is 0 Å². The zero-order valence-corrected chi connectivity index (χ0v) is 11.2. The maximum absolute atomic E-state index is 12.4. The van der Waals surface area contributed by atoms with Crippen LogP contribution in [0.3, 0.4) is 0 Å². The summed E-state index contributed by atoms with van der Waals surface area (Å²) in [5, 5.41) is 3.43. The highest BCUT2D eigenvalue weighted by molar-refractivity contribution is 5.26. The maximum Gasteiger partial charge on any atom is 0.255 e. The summed E-state index contributed by atoms with van der Waals surface area (Å²) < 4.78 is 1.89. The minimum atomic E-state index is 0.172. The summed E-state index contributed by atoms with van der Waals surface area (Å²) in [5.74, 6) is 0. The molecule has 0 unspecified atom stereocenters. The smallest absolute Gasteiger partial charge is 0.255 e. The largest absolute Gasteiger partial charge is 0.310 e. The van der Waals surface area contributed by atoms with Gasteiger partial charge in [0.2, 0.25) is 0 Å². The highest BCUT2D eigenvalue weighted by Crippen LogP contribution is 2.19. The SMILES string of the molecule is Cc1cc(C)n(C(C)C)c(=O)c1CNC1CC1. The van der Waals surface area contributed by atoms with E-state index in [9.17, 15) is 4.79 Å². The van der Waals surface area contributed by atoms with Crippen molar-refractivity contribution in [1.82, 2.24) is 9.88 Å². The van der Waals surface area contributed by atoms with Gasteiger partial charge in [-0.05, 0) is 52.2 Å². The molecule has 1 saturated carbocycles. The first-order valence-corrected chi connectivity index (χ1v) is 6.45. The molecule has 3 nitrogen and oxygen atoms in total. The lowest BCUT2D eigenvalue weighted by Crippen LogP contribution is -2.31. The Morgan fingerprint density at radius 3 is 2.59 bits per heavy atom. The van der Waals surface area contributed by atoms with Gasteiger partial charge < -0.3 is 9.88 Å². The van der Waals surface area contributed by atoms with Crippen molar-refractivity contribution in [2.45, 2.75) is 59.2 Å². The molecule has 0 radical (unpaired) electrons. The van der Waals surface area contributed by atoms with Gasteiger partial charge in [-0.2, -0.15) is 0 Å². The van der Waals surface area contributed by atoms with E-state index < -0.39 is 0 Å². The molecule has 0 spiro atoms. The van der Waals surface area contributed by atoms with E-state index in [4.69, 9.17) is 0 Å². The van der Waals surface area contributed by atoms with Crippen LogP contribution in [0.2, 0.25) is 0 Å². The molecule has 1 fully saturated rings. The normalized spacial score (nSPS) is 15.6. The number of nitrogens with zero attached hydrogens (tertiary/aromatic N) is 1. The monoisotopic (exact) mass is 234 g/mol. The van der Waals surface area contributed by atoms with Crippen molar-refractivity contribution in [3.63, 3.8) is 0 Å². The molecular weight excluding hydrogens is 212 g/mol. The fourth-order valence-electron chi connectivity index (χ4n) is 2.33. The van der Waals surface area contributed by atoms with Crippen LogP contribution < -0.4 is 10.9 Å². The maximum atomic E-state index is 12.4. The lowest BCUT2D eigenvalue weighted by atomic mass is 10.1. The molecular formula is C14H22N2O. The molecule has 0 saturated heterocycles. The Labute approximate surface area is 103 Å². The van der Waals surface area contributed by atoms with Gasteiger partial charge in [-0.1, -0.05) is 0 Å². The Morgan fingerprint density at radius 2 is 2.06 bits per heavy atom. The second kappa shape index (κ2) is 4.65. The molecule has 1 aromatic heterocycles. The van der Waals surface area contributed by atoms with Crippen molar-refractivity contribution in [2.75, 3.05) is 0 Å². The second-order valence-corrected chi connectivity index (χ2v) is 5.37. The Balaban J connectivity index is 2.35. The number of pyridine rings is 1. The number of nitrogens with one attached hydrogen (secondary N) is 1. The standard InChI is InChI=1S/C14H22N2O/c1-9(2)16-11(4)7-10(3)13(14(16)17)8-15-12-5-6-12/h7,9,12,15H,5-6,8H2,1-4H3. The highest BCUT2D eigenvalue weighted by Gasteiger charge is 2.21. The average Bonchev–Trinajstić information content (AvgIpc) is 2.99. The van der Waals surface area contributed by atoms with Crippen molar-refractivity contribution in [1.29, 1.82) is 0 Å². The lowest BCUT2D eigenvalue weighted by molar-refractivity contribution is 0.550. The van der Waals surface area contributed by atoms with Crippen LogP contribution in [0.1, 0.15) is 49.6 Å². The summed E-state index contributed by atoms with van der Waals surface area (Å²) in [6.45, 7) is 8.86. The summed E-state index contributed by atoms with van der Waals surface area (Å²) in [7, 11) is 0. The van der Waals surface area contributed by atoms with Crippen molar-refractivity contribution < 1.29 is 0 Å². The van der Waals surface area contributed by atoms with E-state index in [1.165, 1.54) is 12.8 Å². The molecule has 1 aliphatic rings. The quantitative estimate of drug-likeness (QED) is 0.867. The summed E-state index contributed by atoms with van der Waals surface area (Å²) in [6, 6.07) is 2.98. The van der Waals surface area contributed by atoms with Crippen molar-refractivity contribution >= 4 is 0 Å². The minimum Gasteiger partial charge on any atom is -0.310 e. The molecule has 0 atom stereocenters. The molecule has 0 aromatic carbocycles. The molecule has 17 heavy (non-hydrogen) atoms. The first kappa shape index (κ1) is 12.4. The zero-order valence-electron chi connectivity index (χ0n) is 11.2. The number of rotatable bonds is 4. The molecule has 1 aliphatic carbocycles. The van der Waals surface area contributed by atoms with Crippen LogP contribution in [-0.2, 0) is 6.54 Å². The molecule has 0 amide bonds. The predicted molar refractivity (Wildman–Crippen MR) is 70.4 cm³/mol. The van der Waals surface area contributed by atoms with Crippen LogP contribution in [0.25, 0.3) is 0 Å². The molecule has 1 aromatic rings. The van der Waals surface area contributed by atoms with Crippen molar-refractivity contribution in [3.8, 4) is 0 Å². The van der Waals surface area contributed by atoms with Gasteiger partial charge in [0.15, 0.2) is 0 Å². The summed E-state index contributed by atoms with van der Waals surface area (Å²) in [5.41, 5.74) is 3.26. The molecule has 3 heteroatoms. The van der Waals surface area contributed by atoms with Gasteiger partial charge in [0.25, 0.3) is 5.56 Å². The molecule has 2 rings (SSSR count). The first-order chi connectivity index (χ1) is 8.00. The topological polar surface area (TPSA) is 34.0 Å². The molecule has 94 valence electrons. The third-order valence-electron chi connectivity index (χ3n) is 3.42. The Morgan fingerprint density at radius 1 is 1.41 bits per heavy atom. The third kappa shape index (κ3) is 2.60. The van der Waals surface area contributed by atoms with E-state index in [2.05, 4.69) is 25.2 Å². The van der Waals surface area contributed by atoms with E-state index in [0.29, 0.717) is 12.6 Å². The number of aryl methyl sites for hydroxylation is 2. The Bertz CT molecular complexity index is 470. The van der Waals surface area contributed by atoms with Crippen molar-refractivity contribution in [3.05, 3.63) is 33.2 Å². The fraction of sp³-hybridized carbons (Fsp3) is 0.643. The lowest BCUT2D eigenvalue weighted by Gasteiger charge is -2.17. The number of hydrogen-bond donors (Lipinski definition) is 1. The van der Waals surface area contributed by atoms with Crippen LogP contribution in [0.15, 0.2) is 10.9 Å². The first-order valence-electron chi connectivity index (χ1n) is 6.45. The summed E-state index contributed by atoms with van der Waals surface area (Å²) in [6.07, 6.45) is 2.51. The van der Waals surface area contributed by atoms with Crippen LogP contribution in [0.5, 0.6) is 0 Å². The van der Waals surface area contributed by atoms with Crippen LogP contribution >= 0.6 is 0 Å². The van der Waals surface area contributed by atoms with E-state index in [1.807, 2.05) is 18.4 Å². The molecule has 0 bridgehead atoms. The van der Waals surface area contributed by atoms with Gasteiger partial charge in [0.1, 0.15) is 0 Å². The third-order valence-corrected chi connectivity index (χ3v) is 3.42. The van der Waals surface area contributed by atoms with Gasteiger partial charge in [-0.25, -0.2) is 0 Å². The van der Waals surface area contributed by atoms with E-state index >= 15 is 0 Å². The number of hydrogen-bond acceptors (Lipinski definition) is 2. The summed E-state index contributed by atoms with van der Waals surface area (Å²) >= 11 is 0. The predicted octanol–water partition coefficient (Wildman–Crippen LogP) is 2.30. The Hall–Kier alpha value is -1.09. The minimum absolute atomic E-state index is 0.172. The average molecular weight is 234 g/mol. The van der Waals surface area contributed by atoms with Gasteiger partial charge in [-0.3, -0.25) is 4.79 Å². The second-order valence-electron chi connectivity index (χ2n) is 5.37. The van der Waals surface area contributed by atoms with Crippen molar-refractivity contribution in [2.24, 2.45) is 0 Å². The molecule has 1 heterocycles. The Kier molecular flexibility index (Phi) is 3.38. The van der Waals surface area contributed by atoms with Gasteiger partial charge in [0, 0.05) is 29.9 Å². The van der Waals surface area contributed by atoms with Crippen LogP contribution in [-0.4, -0.2) is 10.6 Å². The number of aromatic nitrogens is 1. The van der Waals surface area contributed by atoms with Gasteiger partial charge in [0.05, 0.1) is 0 Å². The van der Waals surface area contributed by atoms with Crippen LogP contribution in [0.4, 0.5) is 0 Å². The fourth-order valence-corrected chi connectivity index (χ4v) is 2.33. The van der Waals surface area contributed by atoms with Gasteiger partial charge >= 0.3 is 0 Å². The highest BCUT2D eigenvalue weighted by atomic mass is 16.1. The van der Waals surface area contributed by atoms with E-state index in [-0.39, 0.29) is 11.6 Å². The van der Waals surface area contributed by atoms with E-state index in [0.717, 1.165) is 16.8 Å². The molecule has 0 aliphatic heterocycles.